The summed E-state index contributed by atoms with van der Waals surface area (Å²) in [5, 5.41) is 2.41. The highest BCUT2D eigenvalue weighted by Gasteiger charge is 2.16. The summed E-state index contributed by atoms with van der Waals surface area (Å²) in [6.45, 7) is 0. The Labute approximate surface area is 120 Å². The zero-order chi connectivity index (χ0) is 15.0. The van der Waals surface area contributed by atoms with Crippen LogP contribution in [-0.4, -0.2) is 5.91 Å². The molecule has 2 aromatic carbocycles. The van der Waals surface area contributed by atoms with Crippen molar-refractivity contribution in [3.05, 3.63) is 58.7 Å². The van der Waals surface area contributed by atoms with Gasteiger partial charge in [-0.3, -0.25) is 4.79 Å². The molecule has 0 saturated carbocycles. The number of fused-ring (bicyclic) bond motifs is 1. The third-order valence-corrected chi connectivity index (χ3v) is 3.68. The smallest absolute Gasteiger partial charge is 0.255 e. The summed E-state index contributed by atoms with van der Waals surface area (Å²) in [5.41, 5.74) is 8.06. The highest BCUT2D eigenvalue weighted by atomic mass is 19.1. The first-order valence-corrected chi connectivity index (χ1v) is 6.72. The van der Waals surface area contributed by atoms with Crippen LogP contribution in [0.4, 0.5) is 20.2 Å². The van der Waals surface area contributed by atoms with Crippen LogP contribution in [0.25, 0.3) is 0 Å². The van der Waals surface area contributed by atoms with Crippen LogP contribution in [0, 0.1) is 11.6 Å². The molecule has 5 heteroatoms. The molecule has 0 aromatic heterocycles. The molecule has 2 aromatic rings. The molecule has 3 nitrogen and oxygen atoms in total. The highest BCUT2D eigenvalue weighted by molar-refractivity contribution is 6.06. The SMILES string of the molecule is Nc1cc(F)cc(F)c1NC(=O)c1ccc2c(c1)CCC2. The number of amides is 1. The van der Waals surface area contributed by atoms with Gasteiger partial charge < -0.3 is 11.1 Å². The maximum absolute atomic E-state index is 13.7. The normalized spacial score (nSPS) is 13.0. The predicted molar refractivity (Wildman–Crippen MR) is 77.2 cm³/mol. The van der Waals surface area contributed by atoms with Crippen molar-refractivity contribution in [2.24, 2.45) is 0 Å². The Hall–Kier alpha value is -2.43. The molecular weight excluding hydrogens is 274 g/mol. The number of hydrogen-bond donors (Lipinski definition) is 2. The molecule has 0 aliphatic heterocycles. The first kappa shape index (κ1) is 13.5. The number of hydrogen-bond acceptors (Lipinski definition) is 2. The largest absolute Gasteiger partial charge is 0.397 e. The van der Waals surface area contributed by atoms with Gasteiger partial charge in [0, 0.05) is 11.6 Å². The first-order valence-electron chi connectivity index (χ1n) is 6.72. The molecule has 0 unspecified atom stereocenters. The molecular formula is C16H14F2N2O. The van der Waals surface area contributed by atoms with Crippen molar-refractivity contribution in [3.8, 4) is 0 Å². The lowest BCUT2D eigenvalue weighted by molar-refractivity contribution is 0.102. The van der Waals surface area contributed by atoms with E-state index in [-0.39, 0.29) is 11.4 Å². The molecule has 0 heterocycles. The van der Waals surface area contributed by atoms with Crippen molar-refractivity contribution >= 4 is 17.3 Å². The summed E-state index contributed by atoms with van der Waals surface area (Å²) < 4.78 is 26.7. The first-order chi connectivity index (χ1) is 10.0. The third-order valence-electron chi connectivity index (χ3n) is 3.68. The van der Waals surface area contributed by atoms with Crippen molar-refractivity contribution in [1.82, 2.24) is 0 Å². The molecule has 0 fully saturated rings. The Morgan fingerprint density at radius 1 is 1.10 bits per heavy atom. The average molecular weight is 288 g/mol. The van der Waals surface area contributed by atoms with Gasteiger partial charge in [-0.2, -0.15) is 0 Å². The van der Waals surface area contributed by atoms with E-state index in [1.54, 1.807) is 6.07 Å². The molecule has 0 atom stereocenters. The molecule has 0 spiro atoms. The van der Waals surface area contributed by atoms with E-state index in [1.165, 1.54) is 5.56 Å². The molecule has 0 radical (unpaired) electrons. The van der Waals surface area contributed by atoms with Gasteiger partial charge in [0.05, 0.1) is 5.69 Å². The van der Waals surface area contributed by atoms with Gasteiger partial charge in [0.2, 0.25) is 0 Å². The number of nitrogens with two attached hydrogens (primary N) is 1. The number of nitrogen functional groups attached to an aromatic ring is 1. The molecule has 1 aliphatic carbocycles. The van der Waals surface area contributed by atoms with Crippen LogP contribution >= 0.6 is 0 Å². The Balaban J connectivity index is 1.87. The fourth-order valence-electron chi connectivity index (χ4n) is 2.62. The second-order valence-corrected chi connectivity index (χ2v) is 5.14. The van der Waals surface area contributed by atoms with Gasteiger partial charge in [0.1, 0.15) is 11.5 Å². The van der Waals surface area contributed by atoms with Crippen LogP contribution in [0.5, 0.6) is 0 Å². The van der Waals surface area contributed by atoms with Gasteiger partial charge in [-0.1, -0.05) is 6.07 Å². The quantitative estimate of drug-likeness (QED) is 0.833. The predicted octanol–water partition coefficient (Wildman–Crippen LogP) is 3.29. The molecule has 0 bridgehead atoms. The minimum atomic E-state index is -0.887. The van der Waals surface area contributed by atoms with Crippen LogP contribution < -0.4 is 11.1 Å². The maximum Gasteiger partial charge on any atom is 0.255 e. The standard InChI is InChI=1S/C16H14F2N2O/c17-12-7-13(18)15(14(19)8-12)20-16(21)11-5-4-9-2-1-3-10(9)6-11/h4-8H,1-3,19H2,(H,20,21). The van der Waals surface area contributed by atoms with Crippen molar-refractivity contribution in [2.45, 2.75) is 19.3 Å². The fraction of sp³-hybridized carbons (Fsp3) is 0.188. The summed E-state index contributed by atoms with van der Waals surface area (Å²) in [4.78, 5) is 12.2. The van der Waals surface area contributed by atoms with E-state index in [2.05, 4.69) is 5.32 Å². The third kappa shape index (κ3) is 2.59. The lowest BCUT2D eigenvalue weighted by Gasteiger charge is -2.10. The molecule has 3 N–H and O–H groups in total. The summed E-state index contributed by atoms with van der Waals surface area (Å²) in [7, 11) is 0. The number of benzene rings is 2. The van der Waals surface area contributed by atoms with Crippen LogP contribution in [0.15, 0.2) is 30.3 Å². The van der Waals surface area contributed by atoms with E-state index in [1.807, 2.05) is 12.1 Å². The number of carbonyl (C=O) groups is 1. The van der Waals surface area contributed by atoms with Gasteiger partial charge in [-0.05, 0) is 48.6 Å². The zero-order valence-electron chi connectivity index (χ0n) is 11.2. The van der Waals surface area contributed by atoms with Gasteiger partial charge in [-0.25, -0.2) is 8.78 Å². The van der Waals surface area contributed by atoms with E-state index in [9.17, 15) is 13.6 Å². The second-order valence-electron chi connectivity index (χ2n) is 5.14. The lowest BCUT2D eigenvalue weighted by Crippen LogP contribution is -2.15. The Kier molecular flexibility index (Phi) is 3.33. The van der Waals surface area contributed by atoms with E-state index in [4.69, 9.17) is 5.73 Å². The summed E-state index contributed by atoms with van der Waals surface area (Å²) in [5.74, 6) is -2.12. The number of aryl methyl sites for hydroxylation is 2. The topological polar surface area (TPSA) is 55.1 Å². The van der Waals surface area contributed by atoms with Crippen LogP contribution in [-0.2, 0) is 12.8 Å². The van der Waals surface area contributed by atoms with E-state index < -0.39 is 17.5 Å². The molecule has 108 valence electrons. The monoisotopic (exact) mass is 288 g/mol. The van der Waals surface area contributed by atoms with Crippen molar-refractivity contribution < 1.29 is 13.6 Å². The number of rotatable bonds is 2. The van der Waals surface area contributed by atoms with Gasteiger partial charge in [0.15, 0.2) is 5.82 Å². The maximum atomic E-state index is 13.7. The number of anilines is 2. The molecule has 1 aliphatic rings. The van der Waals surface area contributed by atoms with Gasteiger partial charge >= 0.3 is 0 Å². The molecule has 3 rings (SSSR count). The highest BCUT2D eigenvalue weighted by Crippen LogP contribution is 2.26. The lowest BCUT2D eigenvalue weighted by atomic mass is 10.1. The van der Waals surface area contributed by atoms with Crippen LogP contribution in [0.2, 0.25) is 0 Å². The Morgan fingerprint density at radius 2 is 1.86 bits per heavy atom. The molecule has 0 saturated heterocycles. The van der Waals surface area contributed by atoms with E-state index >= 15 is 0 Å². The van der Waals surface area contributed by atoms with Crippen molar-refractivity contribution in [2.75, 3.05) is 11.1 Å². The second kappa shape index (κ2) is 5.16. The fourth-order valence-corrected chi connectivity index (χ4v) is 2.62. The van der Waals surface area contributed by atoms with E-state index in [0.29, 0.717) is 11.6 Å². The number of carbonyl (C=O) groups excluding carboxylic acids is 1. The summed E-state index contributed by atoms with van der Waals surface area (Å²) >= 11 is 0. The number of halogens is 2. The summed E-state index contributed by atoms with van der Waals surface area (Å²) in [6.07, 6.45) is 3.06. The minimum Gasteiger partial charge on any atom is -0.397 e. The van der Waals surface area contributed by atoms with Crippen LogP contribution in [0.3, 0.4) is 0 Å². The van der Waals surface area contributed by atoms with Crippen LogP contribution in [0.1, 0.15) is 27.9 Å². The summed E-state index contributed by atoms with van der Waals surface area (Å²) in [6, 6.07) is 7.10. The Bertz CT molecular complexity index is 705. The van der Waals surface area contributed by atoms with Gasteiger partial charge in [0.25, 0.3) is 5.91 Å². The van der Waals surface area contributed by atoms with Gasteiger partial charge in [-0.15, -0.1) is 0 Å². The zero-order valence-corrected chi connectivity index (χ0v) is 11.2. The molecule has 1 amide bonds. The Morgan fingerprint density at radius 3 is 2.62 bits per heavy atom. The van der Waals surface area contributed by atoms with E-state index in [0.717, 1.165) is 30.9 Å². The molecule has 21 heavy (non-hydrogen) atoms. The number of nitrogens with one attached hydrogen (secondary N) is 1. The van der Waals surface area contributed by atoms with Crippen molar-refractivity contribution in [1.29, 1.82) is 0 Å². The minimum absolute atomic E-state index is 0.137. The average Bonchev–Trinajstić information content (AvgIpc) is 2.89. The van der Waals surface area contributed by atoms with Crippen molar-refractivity contribution in [3.63, 3.8) is 0 Å².